The topological polar surface area (TPSA) is 24.4 Å². The van der Waals surface area contributed by atoms with Crippen LogP contribution in [-0.4, -0.2) is 10.9 Å². The van der Waals surface area contributed by atoms with Crippen molar-refractivity contribution in [2.45, 2.75) is 13.0 Å². The van der Waals surface area contributed by atoms with Crippen molar-refractivity contribution in [1.82, 2.24) is 0 Å². The molecule has 1 aliphatic rings. The first-order valence-electron chi connectivity index (χ1n) is 6.52. The van der Waals surface area contributed by atoms with E-state index < -0.39 is 0 Å². The fraction of sp³-hybridized carbons (Fsp3) is 0.188. The van der Waals surface area contributed by atoms with Gasteiger partial charge >= 0.3 is 0 Å². The zero-order valence-electron chi connectivity index (χ0n) is 11.1. The van der Waals surface area contributed by atoms with Crippen LogP contribution < -0.4 is 5.32 Å². The van der Waals surface area contributed by atoms with Crippen molar-refractivity contribution in [1.29, 1.82) is 0 Å². The van der Waals surface area contributed by atoms with Gasteiger partial charge in [0.1, 0.15) is 0 Å². The van der Waals surface area contributed by atoms with E-state index in [2.05, 4.69) is 70.6 Å². The highest BCUT2D eigenvalue weighted by molar-refractivity contribution is 9.10. The quantitative estimate of drug-likeness (QED) is 0.825. The predicted octanol–water partition coefficient (Wildman–Crippen LogP) is 5.01. The van der Waals surface area contributed by atoms with Gasteiger partial charge in [-0.1, -0.05) is 54.2 Å². The number of amidine groups is 1. The van der Waals surface area contributed by atoms with E-state index in [0.29, 0.717) is 0 Å². The Hall–Kier alpha value is -1.26. The Balaban J connectivity index is 1.78. The van der Waals surface area contributed by atoms with Gasteiger partial charge in [-0.15, -0.1) is 0 Å². The molecule has 0 spiro atoms. The second-order valence-electron chi connectivity index (χ2n) is 4.73. The van der Waals surface area contributed by atoms with E-state index in [4.69, 9.17) is 4.99 Å². The molecule has 0 amide bonds. The zero-order chi connectivity index (χ0) is 13.9. The van der Waals surface area contributed by atoms with Crippen molar-refractivity contribution in [2.24, 2.45) is 4.99 Å². The summed E-state index contributed by atoms with van der Waals surface area (Å²) in [7, 11) is 0. The summed E-state index contributed by atoms with van der Waals surface area (Å²) in [6, 6.07) is 16.9. The molecule has 1 aliphatic heterocycles. The van der Waals surface area contributed by atoms with Gasteiger partial charge in [-0.2, -0.15) is 0 Å². The minimum atomic E-state index is 0.257. The summed E-state index contributed by atoms with van der Waals surface area (Å²) in [5.74, 6) is 0.996. The summed E-state index contributed by atoms with van der Waals surface area (Å²) in [6.45, 7) is 2.09. The number of nitrogens with zero attached hydrogens (tertiary/aromatic N) is 1. The number of rotatable bonds is 2. The van der Waals surface area contributed by atoms with Crippen LogP contribution in [0.15, 0.2) is 58.0 Å². The third-order valence-corrected chi connectivity index (χ3v) is 5.28. The molecule has 0 aliphatic carbocycles. The van der Waals surface area contributed by atoms with E-state index in [1.54, 1.807) is 11.8 Å². The van der Waals surface area contributed by atoms with Gasteiger partial charge < -0.3 is 5.32 Å². The smallest absolute Gasteiger partial charge is 0.161 e. The normalized spacial score (nSPS) is 17.9. The first-order valence-corrected chi connectivity index (χ1v) is 8.29. The van der Waals surface area contributed by atoms with Gasteiger partial charge in [-0.05, 0) is 40.0 Å². The predicted molar refractivity (Wildman–Crippen MR) is 91.6 cm³/mol. The lowest BCUT2D eigenvalue weighted by Gasteiger charge is -2.09. The summed E-state index contributed by atoms with van der Waals surface area (Å²) < 4.78 is 1.10. The molecular weight excluding hydrogens is 332 g/mol. The first kappa shape index (κ1) is 13.7. The minimum absolute atomic E-state index is 0.257. The van der Waals surface area contributed by atoms with Crippen LogP contribution >= 0.6 is 27.7 Å². The lowest BCUT2D eigenvalue weighted by atomic mass is 10.1. The van der Waals surface area contributed by atoms with Crippen molar-refractivity contribution >= 4 is 38.5 Å². The molecule has 0 saturated carbocycles. The molecular formula is C16H15BrN2S. The number of thioether (sulfide) groups is 1. The van der Waals surface area contributed by atoms with Gasteiger partial charge in [-0.3, -0.25) is 4.99 Å². The highest BCUT2D eigenvalue weighted by atomic mass is 79.9. The molecule has 2 aromatic rings. The SMILES string of the molecule is Cc1cccc(NC2=NC(c3ccccc3)CS2)c1Br. The number of hydrogen-bond donors (Lipinski definition) is 1. The van der Waals surface area contributed by atoms with Crippen LogP contribution in [0, 0.1) is 6.92 Å². The van der Waals surface area contributed by atoms with Gasteiger partial charge in [-0.25, -0.2) is 0 Å². The average Bonchev–Trinajstić information content (AvgIpc) is 2.93. The third-order valence-electron chi connectivity index (χ3n) is 3.27. The van der Waals surface area contributed by atoms with Gasteiger partial charge in [0.2, 0.25) is 0 Å². The van der Waals surface area contributed by atoms with Gasteiger partial charge in [0.25, 0.3) is 0 Å². The number of aliphatic imine (C=N–C) groups is 1. The largest absolute Gasteiger partial charge is 0.334 e. The Kier molecular flexibility index (Phi) is 4.13. The summed E-state index contributed by atoms with van der Waals surface area (Å²) in [5.41, 5.74) is 3.57. The highest BCUT2D eigenvalue weighted by Gasteiger charge is 2.20. The van der Waals surface area contributed by atoms with Crippen molar-refractivity contribution in [2.75, 3.05) is 11.1 Å². The van der Waals surface area contributed by atoms with Gasteiger partial charge in [0.15, 0.2) is 5.17 Å². The molecule has 2 aromatic carbocycles. The Bertz CT molecular complexity index is 640. The van der Waals surface area contributed by atoms with Crippen LogP contribution in [0.1, 0.15) is 17.2 Å². The Morgan fingerprint density at radius 1 is 1.15 bits per heavy atom. The molecule has 20 heavy (non-hydrogen) atoms. The summed E-state index contributed by atoms with van der Waals surface area (Å²) in [5, 5.41) is 4.41. The zero-order valence-corrected chi connectivity index (χ0v) is 13.5. The molecule has 0 aromatic heterocycles. The van der Waals surface area contributed by atoms with Gasteiger partial charge in [0, 0.05) is 10.2 Å². The van der Waals surface area contributed by atoms with Gasteiger partial charge in [0.05, 0.1) is 11.7 Å². The number of benzene rings is 2. The second kappa shape index (κ2) is 6.02. The lowest BCUT2D eigenvalue weighted by Crippen LogP contribution is -2.05. The maximum atomic E-state index is 4.77. The molecule has 2 nitrogen and oxygen atoms in total. The minimum Gasteiger partial charge on any atom is -0.334 e. The van der Waals surface area contributed by atoms with Crippen molar-refractivity contribution < 1.29 is 0 Å². The fourth-order valence-corrected chi connectivity index (χ4v) is 3.48. The van der Waals surface area contributed by atoms with E-state index in [-0.39, 0.29) is 6.04 Å². The maximum Gasteiger partial charge on any atom is 0.161 e. The van der Waals surface area contributed by atoms with Crippen LogP contribution in [0.3, 0.4) is 0 Å². The van der Waals surface area contributed by atoms with Crippen molar-refractivity contribution in [3.05, 3.63) is 64.1 Å². The molecule has 0 bridgehead atoms. The van der Waals surface area contributed by atoms with E-state index in [9.17, 15) is 0 Å². The third kappa shape index (κ3) is 2.91. The van der Waals surface area contributed by atoms with Crippen LogP contribution in [0.4, 0.5) is 5.69 Å². The Morgan fingerprint density at radius 2 is 1.95 bits per heavy atom. The fourth-order valence-electron chi connectivity index (χ4n) is 2.15. The lowest BCUT2D eigenvalue weighted by molar-refractivity contribution is 0.849. The molecule has 3 rings (SSSR count). The maximum absolute atomic E-state index is 4.77. The molecule has 102 valence electrons. The average molecular weight is 347 g/mol. The van der Waals surface area contributed by atoms with E-state index >= 15 is 0 Å². The molecule has 1 unspecified atom stereocenters. The molecule has 0 fully saturated rings. The van der Waals surface area contributed by atoms with Crippen LogP contribution in [0.5, 0.6) is 0 Å². The molecule has 4 heteroatoms. The van der Waals surface area contributed by atoms with Crippen molar-refractivity contribution in [3.63, 3.8) is 0 Å². The van der Waals surface area contributed by atoms with E-state index in [1.807, 2.05) is 6.07 Å². The molecule has 0 saturated heterocycles. The molecule has 1 heterocycles. The summed E-state index contributed by atoms with van der Waals surface area (Å²) >= 11 is 5.39. The summed E-state index contributed by atoms with van der Waals surface area (Å²) in [6.07, 6.45) is 0. The summed E-state index contributed by atoms with van der Waals surface area (Å²) in [4.78, 5) is 4.77. The Morgan fingerprint density at radius 3 is 2.75 bits per heavy atom. The van der Waals surface area contributed by atoms with Crippen LogP contribution in [0.25, 0.3) is 0 Å². The number of aryl methyl sites for hydroxylation is 1. The van der Waals surface area contributed by atoms with Crippen LogP contribution in [0.2, 0.25) is 0 Å². The second-order valence-corrected chi connectivity index (χ2v) is 6.53. The number of halogens is 1. The molecule has 0 radical (unpaired) electrons. The number of nitrogens with one attached hydrogen (secondary N) is 1. The first-order chi connectivity index (χ1) is 9.74. The number of hydrogen-bond acceptors (Lipinski definition) is 3. The van der Waals surface area contributed by atoms with Crippen LogP contribution in [-0.2, 0) is 0 Å². The van der Waals surface area contributed by atoms with E-state index in [0.717, 1.165) is 21.1 Å². The molecule has 1 atom stereocenters. The standard InChI is InChI=1S/C16H15BrN2S/c1-11-6-5-9-13(15(11)17)18-16-19-14(10-20-16)12-7-3-2-4-8-12/h2-9,14H,10H2,1H3,(H,18,19). The van der Waals surface area contributed by atoms with E-state index in [1.165, 1.54) is 11.1 Å². The number of anilines is 1. The Labute approximate surface area is 131 Å². The molecule has 1 N–H and O–H groups in total. The highest BCUT2D eigenvalue weighted by Crippen LogP contribution is 2.33. The monoisotopic (exact) mass is 346 g/mol. The van der Waals surface area contributed by atoms with Crippen molar-refractivity contribution in [3.8, 4) is 0 Å².